The van der Waals surface area contributed by atoms with E-state index in [1.165, 1.54) is 11.3 Å². The quantitative estimate of drug-likeness (QED) is 0.550. The molecule has 0 saturated heterocycles. The molecule has 4 aromatic rings. The Kier molecular flexibility index (Phi) is 3.98. The van der Waals surface area contributed by atoms with Crippen molar-refractivity contribution in [2.45, 2.75) is 6.92 Å². The molecule has 0 radical (unpaired) electrons. The van der Waals surface area contributed by atoms with Crippen molar-refractivity contribution in [3.05, 3.63) is 53.0 Å². The molecule has 2 N–H and O–H groups in total. The van der Waals surface area contributed by atoms with Crippen LogP contribution >= 0.6 is 11.3 Å². The Hall–Kier alpha value is -3.39. The molecular formula is C20H16N4O3S. The number of carbonyl (C=O) groups excluding carboxylic acids is 1. The Labute approximate surface area is 164 Å². The van der Waals surface area contributed by atoms with Crippen molar-refractivity contribution in [2.75, 3.05) is 18.5 Å². The Morgan fingerprint density at radius 1 is 1.14 bits per heavy atom. The first-order valence-electron chi connectivity index (χ1n) is 8.79. The highest BCUT2D eigenvalue weighted by Gasteiger charge is 2.17. The molecule has 0 atom stereocenters. The standard InChI is InChI=1S/C20H16N4O3S/c1-11-2-4-14-13(8-11)18(24-23-14)19(25)22-20-21-15(10-28-20)12-3-5-16-17(9-12)27-7-6-26-16/h2-5,8-10H,6-7H2,1H3,(H,23,24)(H,21,22,25). The fourth-order valence-corrected chi connectivity index (χ4v) is 3.84. The molecule has 2 aromatic heterocycles. The number of benzene rings is 2. The highest BCUT2D eigenvalue weighted by atomic mass is 32.1. The van der Waals surface area contributed by atoms with Gasteiger partial charge in [-0.1, -0.05) is 11.6 Å². The van der Waals surface area contributed by atoms with Crippen molar-refractivity contribution < 1.29 is 14.3 Å². The Morgan fingerprint density at radius 3 is 2.89 bits per heavy atom. The van der Waals surface area contributed by atoms with Crippen molar-refractivity contribution in [3.8, 4) is 22.8 Å². The van der Waals surface area contributed by atoms with Crippen LogP contribution in [-0.2, 0) is 0 Å². The summed E-state index contributed by atoms with van der Waals surface area (Å²) in [6.07, 6.45) is 0. The Bertz CT molecular complexity index is 1200. The molecule has 1 aliphatic rings. The summed E-state index contributed by atoms with van der Waals surface area (Å²) in [4.78, 5) is 17.2. The fraction of sp³-hybridized carbons (Fsp3) is 0.150. The molecule has 8 heteroatoms. The SMILES string of the molecule is Cc1ccc2[nH]nc(C(=O)Nc3nc(-c4ccc5c(c4)OCCO5)cs3)c2c1. The molecule has 0 bridgehead atoms. The Balaban J connectivity index is 1.39. The summed E-state index contributed by atoms with van der Waals surface area (Å²) in [5.41, 5.74) is 3.92. The number of nitrogens with zero attached hydrogens (tertiary/aromatic N) is 2. The maximum Gasteiger partial charge on any atom is 0.278 e. The van der Waals surface area contributed by atoms with E-state index in [0.717, 1.165) is 33.5 Å². The third-order valence-corrected chi connectivity index (χ3v) is 5.25. The summed E-state index contributed by atoms with van der Waals surface area (Å²) in [5, 5.41) is 13.1. The fourth-order valence-electron chi connectivity index (χ4n) is 3.12. The van der Waals surface area contributed by atoms with Crippen LogP contribution in [0.1, 0.15) is 16.1 Å². The zero-order chi connectivity index (χ0) is 19.1. The van der Waals surface area contributed by atoms with Gasteiger partial charge in [-0.2, -0.15) is 5.10 Å². The first-order valence-corrected chi connectivity index (χ1v) is 9.67. The van der Waals surface area contributed by atoms with E-state index >= 15 is 0 Å². The lowest BCUT2D eigenvalue weighted by molar-refractivity contribution is 0.102. The van der Waals surface area contributed by atoms with E-state index in [1.54, 1.807) is 0 Å². The number of H-pyrrole nitrogens is 1. The van der Waals surface area contributed by atoms with E-state index in [1.807, 2.05) is 48.7 Å². The van der Waals surface area contributed by atoms with Gasteiger partial charge in [-0.3, -0.25) is 15.2 Å². The van der Waals surface area contributed by atoms with E-state index in [2.05, 4.69) is 20.5 Å². The van der Waals surface area contributed by atoms with Gasteiger partial charge in [0, 0.05) is 16.3 Å². The first-order chi connectivity index (χ1) is 13.7. The van der Waals surface area contributed by atoms with Gasteiger partial charge < -0.3 is 9.47 Å². The van der Waals surface area contributed by atoms with Gasteiger partial charge in [0.2, 0.25) is 0 Å². The van der Waals surface area contributed by atoms with E-state index in [4.69, 9.17) is 9.47 Å². The van der Waals surface area contributed by atoms with Crippen LogP contribution < -0.4 is 14.8 Å². The number of thiazole rings is 1. The molecule has 0 spiro atoms. The van der Waals surface area contributed by atoms with Gasteiger partial charge in [0.05, 0.1) is 11.2 Å². The van der Waals surface area contributed by atoms with Gasteiger partial charge in [-0.25, -0.2) is 4.98 Å². The lowest BCUT2D eigenvalue weighted by Crippen LogP contribution is -2.15. The zero-order valence-electron chi connectivity index (χ0n) is 15.0. The van der Waals surface area contributed by atoms with Gasteiger partial charge in [-0.15, -0.1) is 11.3 Å². The summed E-state index contributed by atoms with van der Waals surface area (Å²) in [6, 6.07) is 11.5. The summed E-state index contributed by atoms with van der Waals surface area (Å²) < 4.78 is 11.2. The molecule has 2 aromatic carbocycles. The van der Waals surface area contributed by atoms with Crippen LogP contribution in [0.5, 0.6) is 11.5 Å². The number of nitrogens with one attached hydrogen (secondary N) is 2. The maximum absolute atomic E-state index is 12.7. The number of rotatable bonds is 3. The number of amides is 1. The molecule has 1 aliphatic heterocycles. The minimum absolute atomic E-state index is 0.292. The van der Waals surface area contributed by atoms with E-state index in [9.17, 15) is 4.79 Å². The van der Waals surface area contributed by atoms with Crippen LogP contribution in [0.15, 0.2) is 41.8 Å². The third kappa shape index (κ3) is 2.97. The van der Waals surface area contributed by atoms with Crippen LogP contribution in [0.2, 0.25) is 0 Å². The van der Waals surface area contributed by atoms with Crippen LogP contribution in [-0.4, -0.2) is 34.3 Å². The zero-order valence-corrected chi connectivity index (χ0v) is 15.8. The molecule has 1 amide bonds. The minimum atomic E-state index is -0.292. The number of aryl methyl sites for hydroxylation is 1. The van der Waals surface area contributed by atoms with Gasteiger partial charge in [0.15, 0.2) is 22.3 Å². The lowest BCUT2D eigenvalue weighted by atomic mass is 10.1. The van der Waals surface area contributed by atoms with Crippen molar-refractivity contribution in [1.82, 2.24) is 15.2 Å². The lowest BCUT2D eigenvalue weighted by Gasteiger charge is -2.18. The van der Waals surface area contributed by atoms with Crippen molar-refractivity contribution in [1.29, 1.82) is 0 Å². The predicted octanol–water partition coefficient (Wildman–Crippen LogP) is 4.02. The second kappa shape index (κ2) is 6.65. The van der Waals surface area contributed by atoms with Crippen LogP contribution in [0.4, 0.5) is 5.13 Å². The van der Waals surface area contributed by atoms with E-state index in [-0.39, 0.29) is 5.91 Å². The molecule has 3 heterocycles. The molecule has 28 heavy (non-hydrogen) atoms. The monoisotopic (exact) mass is 392 g/mol. The number of anilines is 1. The number of hydrogen-bond donors (Lipinski definition) is 2. The molecule has 0 aliphatic carbocycles. The normalized spacial score (nSPS) is 12.9. The van der Waals surface area contributed by atoms with E-state index < -0.39 is 0 Å². The molecule has 0 saturated carbocycles. The number of aromatic amines is 1. The molecule has 0 unspecified atom stereocenters. The average Bonchev–Trinajstić information content (AvgIpc) is 3.34. The predicted molar refractivity (Wildman–Crippen MR) is 107 cm³/mol. The largest absolute Gasteiger partial charge is 0.486 e. The van der Waals surface area contributed by atoms with Crippen LogP contribution in [0.3, 0.4) is 0 Å². The van der Waals surface area contributed by atoms with Gasteiger partial charge >= 0.3 is 0 Å². The van der Waals surface area contributed by atoms with Gasteiger partial charge in [-0.05, 0) is 37.3 Å². The summed E-state index contributed by atoms with van der Waals surface area (Å²) in [7, 11) is 0. The smallest absolute Gasteiger partial charge is 0.278 e. The number of aromatic nitrogens is 3. The van der Waals surface area contributed by atoms with E-state index in [0.29, 0.717) is 29.8 Å². The van der Waals surface area contributed by atoms with Crippen molar-refractivity contribution >= 4 is 33.3 Å². The number of carbonyl (C=O) groups is 1. The number of ether oxygens (including phenoxy) is 2. The first kappa shape index (κ1) is 16.8. The Morgan fingerprint density at radius 2 is 2.00 bits per heavy atom. The molecule has 140 valence electrons. The molecular weight excluding hydrogens is 376 g/mol. The topological polar surface area (TPSA) is 89.1 Å². The van der Waals surface area contributed by atoms with Gasteiger partial charge in [0.1, 0.15) is 13.2 Å². The van der Waals surface area contributed by atoms with Gasteiger partial charge in [0.25, 0.3) is 5.91 Å². The van der Waals surface area contributed by atoms with Crippen LogP contribution in [0, 0.1) is 6.92 Å². The summed E-state index contributed by atoms with van der Waals surface area (Å²) in [5.74, 6) is 1.15. The highest BCUT2D eigenvalue weighted by Crippen LogP contribution is 2.35. The second-order valence-electron chi connectivity index (χ2n) is 6.47. The highest BCUT2D eigenvalue weighted by molar-refractivity contribution is 7.14. The van der Waals surface area contributed by atoms with Crippen molar-refractivity contribution in [3.63, 3.8) is 0 Å². The average molecular weight is 392 g/mol. The molecule has 5 rings (SSSR count). The summed E-state index contributed by atoms with van der Waals surface area (Å²) in [6.45, 7) is 3.07. The second-order valence-corrected chi connectivity index (χ2v) is 7.33. The maximum atomic E-state index is 12.7. The molecule has 0 fully saturated rings. The number of hydrogen-bond acceptors (Lipinski definition) is 6. The summed E-state index contributed by atoms with van der Waals surface area (Å²) >= 11 is 1.36. The van der Waals surface area contributed by atoms with Crippen LogP contribution in [0.25, 0.3) is 22.2 Å². The minimum Gasteiger partial charge on any atom is -0.486 e. The third-order valence-electron chi connectivity index (χ3n) is 4.50. The molecule has 7 nitrogen and oxygen atoms in total. The number of fused-ring (bicyclic) bond motifs is 2. The van der Waals surface area contributed by atoms with Crippen molar-refractivity contribution in [2.24, 2.45) is 0 Å².